The molecule has 0 radical (unpaired) electrons. The Balaban J connectivity index is 1.83. The predicted octanol–water partition coefficient (Wildman–Crippen LogP) is 1.45. The van der Waals surface area contributed by atoms with Gasteiger partial charge in [-0.15, -0.1) is 0 Å². The van der Waals surface area contributed by atoms with Gasteiger partial charge in [-0.2, -0.15) is 0 Å². The molecule has 1 aliphatic rings. The molecule has 23 heavy (non-hydrogen) atoms. The lowest BCUT2D eigenvalue weighted by atomic mass is 9.94. The number of rotatable bonds is 5. The third-order valence-electron chi connectivity index (χ3n) is 4.41. The van der Waals surface area contributed by atoms with Crippen molar-refractivity contribution in [2.24, 2.45) is 5.92 Å². The zero-order valence-electron chi connectivity index (χ0n) is 13.4. The normalized spacial score (nSPS) is 20.7. The summed E-state index contributed by atoms with van der Waals surface area (Å²) in [6.45, 7) is 5.70. The van der Waals surface area contributed by atoms with Crippen molar-refractivity contribution >= 4 is 21.1 Å². The first-order valence-corrected chi connectivity index (χ1v) is 9.47. The fourth-order valence-corrected chi connectivity index (χ4v) is 4.26. The summed E-state index contributed by atoms with van der Waals surface area (Å²) in [7, 11) is -3.61. The molecule has 2 N–H and O–H groups in total. The Kier molecular flexibility index (Phi) is 4.65. The van der Waals surface area contributed by atoms with E-state index in [2.05, 4.69) is 20.2 Å². The van der Waals surface area contributed by atoms with Gasteiger partial charge in [0.05, 0.1) is 17.3 Å². The topological polar surface area (TPSA) is 97.1 Å². The molecule has 0 aliphatic carbocycles. The number of hydrogen-bond acceptors (Lipinski definition) is 6. The summed E-state index contributed by atoms with van der Waals surface area (Å²) in [6.07, 6.45) is 4.08. The molecule has 0 aromatic carbocycles. The largest absolute Gasteiger partial charge is 0.336 e. The van der Waals surface area contributed by atoms with Crippen LogP contribution >= 0.6 is 0 Å². The number of sulfonamides is 1. The second-order valence-corrected chi connectivity index (χ2v) is 7.74. The Bertz CT molecular complexity index is 781. The average molecular weight is 338 g/mol. The SMILES string of the molecule is CCc1noc2ncc(S(=O)(=O)NC(C)C3CCCNC3)cc12. The molecule has 2 aromatic rings. The number of hydrogen-bond donors (Lipinski definition) is 2. The van der Waals surface area contributed by atoms with Crippen LogP contribution in [0.15, 0.2) is 21.7 Å². The second kappa shape index (κ2) is 6.54. The first-order valence-electron chi connectivity index (χ1n) is 7.98. The summed E-state index contributed by atoms with van der Waals surface area (Å²) in [5.74, 6) is 0.303. The van der Waals surface area contributed by atoms with E-state index in [1.807, 2.05) is 13.8 Å². The monoisotopic (exact) mass is 338 g/mol. The fourth-order valence-electron chi connectivity index (χ4n) is 2.98. The molecular formula is C15H22N4O3S. The Hall–Kier alpha value is -1.51. The highest BCUT2D eigenvalue weighted by atomic mass is 32.2. The van der Waals surface area contributed by atoms with Gasteiger partial charge in [-0.3, -0.25) is 0 Å². The third-order valence-corrected chi connectivity index (χ3v) is 5.93. The lowest BCUT2D eigenvalue weighted by Gasteiger charge is -2.28. The van der Waals surface area contributed by atoms with E-state index in [4.69, 9.17) is 4.52 Å². The minimum atomic E-state index is -3.61. The van der Waals surface area contributed by atoms with E-state index in [-0.39, 0.29) is 10.9 Å². The van der Waals surface area contributed by atoms with Gasteiger partial charge < -0.3 is 9.84 Å². The molecule has 126 valence electrons. The summed E-state index contributed by atoms with van der Waals surface area (Å²) in [5, 5.41) is 7.87. The molecule has 2 aromatic heterocycles. The van der Waals surface area contributed by atoms with Crippen LogP contribution in [0, 0.1) is 5.92 Å². The smallest absolute Gasteiger partial charge is 0.258 e. The van der Waals surface area contributed by atoms with Crippen LogP contribution in [0.5, 0.6) is 0 Å². The molecule has 0 amide bonds. The molecule has 7 nitrogen and oxygen atoms in total. The zero-order valence-corrected chi connectivity index (χ0v) is 14.2. The molecule has 3 heterocycles. The van der Waals surface area contributed by atoms with E-state index in [1.165, 1.54) is 6.20 Å². The number of piperidine rings is 1. The summed E-state index contributed by atoms with van der Waals surface area (Å²) >= 11 is 0. The molecule has 1 aliphatic heterocycles. The summed E-state index contributed by atoms with van der Waals surface area (Å²) in [4.78, 5) is 4.23. The molecule has 2 unspecified atom stereocenters. The highest BCUT2D eigenvalue weighted by Crippen LogP contribution is 2.22. The molecule has 0 saturated carbocycles. The van der Waals surface area contributed by atoms with Gasteiger partial charge >= 0.3 is 0 Å². The molecule has 1 saturated heterocycles. The zero-order chi connectivity index (χ0) is 16.4. The Morgan fingerprint density at radius 2 is 2.35 bits per heavy atom. The third kappa shape index (κ3) is 3.39. The number of aromatic nitrogens is 2. The van der Waals surface area contributed by atoms with Gasteiger partial charge in [0.2, 0.25) is 10.0 Å². The van der Waals surface area contributed by atoms with Gasteiger partial charge in [0.15, 0.2) is 0 Å². The second-order valence-electron chi connectivity index (χ2n) is 6.02. The van der Waals surface area contributed by atoms with Crippen molar-refractivity contribution in [1.82, 2.24) is 20.2 Å². The van der Waals surface area contributed by atoms with Crippen molar-refractivity contribution in [2.45, 2.75) is 44.0 Å². The van der Waals surface area contributed by atoms with Crippen molar-refractivity contribution in [3.8, 4) is 0 Å². The molecule has 8 heteroatoms. The first kappa shape index (κ1) is 16.4. The molecular weight excluding hydrogens is 316 g/mol. The number of nitrogens with one attached hydrogen (secondary N) is 2. The van der Waals surface area contributed by atoms with E-state index in [1.54, 1.807) is 6.07 Å². The average Bonchev–Trinajstić information content (AvgIpc) is 2.97. The van der Waals surface area contributed by atoms with Crippen LogP contribution in [0.25, 0.3) is 11.1 Å². The van der Waals surface area contributed by atoms with Crippen molar-refractivity contribution in [3.63, 3.8) is 0 Å². The standard InChI is InChI=1S/C15H22N4O3S/c1-3-14-13-7-12(9-17-15(13)22-18-14)23(20,21)19-10(2)11-5-4-6-16-8-11/h7,9-11,16,19H,3-6,8H2,1-2H3. The van der Waals surface area contributed by atoms with Gasteiger partial charge in [-0.05, 0) is 51.3 Å². The summed E-state index contributed by atoms with van der Waals surface area (Å²) in [6, 6.07) is 1.46. The van der Waals surface area contributed by atoms with E-state index < -0.39 is 10.0 Å². The predicted molar refractivity (Wildman–Crippen MR) is 86.6 cm³/mol. The van der Waals surface area contributed by atoms with Gasteiger partial charge in [0, 0.05) is 6.04 Å². The minimum absolute atomic E-state index is 0.128. The summed E-state index contributed by atoms with van der Waals surface area (Å²) < 4.78 is 33.1. The Morgan fingerprint density at radius 1 is 1.52 bits per heavy atom. The first-order chi connectivity index (χ1) is 11.0. The van der Waals surface area contributed by atoms with Gasteiger partial charge in [0.25, 0.3) is 5.71 Å². The maximum Gasteiger partial charge on any atom is 0.258 e. The number of pyridine rings is 1. The Morgan fingerprint density at radius 3 is 3.04 bits per heavy atom. The van der Waals surface area contributed by atoms with Crippen molar-refractivity contribution in [3.05, 3.63) is 18.0 Å². The maximum atomic E-state index is 12.6. The van der Waals surface area contributed by atoms with E-state index >= 15 is 0 Å². The highest BCUT2D eigenvalue weighted by molar-refractivity contribution is 7.89. The quantitative estimate of drug-likeness (QED) is 0.856. The van der Waals surface area contributed by atoms with Crippen molar-refractivity contribution in [2.75, 3.05) is 13.1 Å². The van der Waals surface area contributed by atoms with Crippen LogP contribution in [0.3, 0.4) is 0 Å². The van der Waals surface area contributed by atoms with Crippen LogP contribution in [0.1, 0.15) is 32.4 Å². The molecule has 1 fully saturated rings. The summed E-state index contributed by atoms with van der Waals surface area (Å²) in [5.41, 5.74) is 1.08. The van der Waals surface area contributed by atoms with Crippen LogP contribution in [0.2, 0.25) is 0 Å². The number of nitrogens with zero attached hydrogens (tertiary/aromatic N) is 2. The fraction of sp³-hybridized carbons (Fsp3) is 0.600. The lowest BCUT2D eigenvalue weighted by Crippen LogP contribution is -2.44. The molecule has 3 rings (SSSR count). The maximum absolute atomic E-state index is 12.6. The lowest BCUT2D eigenvalue weighted by molar-refractivity contribution is 0.320. The van der Waals surface area contributed by atoms with Crippen LogP contribution in [0.4, 0.5) is 0 Å². The van der Waals surface area contributed by atoms with Crippen LogP contribution < -0.4 is 10.0 Å². The van der Waals surface area contributed by atoms with E-state index in [0.29, 0.717) is 29.1 Å². The van der Waals surface area contributed by atoms with E-state index in [0.717, 1.165) is 25.9 Å². The van der Waals surface area contributed by atoms with Crippen molar-refractivity contribution < 1.29 is 12.9 Å². The number of aryl methyl sites for hydroxylation is 1. The van der Waals surface area contributed by atoms with Crippen LogP contribution in [-0.4, -0.2) is 37.7 Å². The van der Waals surface area contributed by atoms with Gasteiger partial charge in [-0.25, -0.2) is 18.1 Å². The Labute approximate surface area is 135 Å². The van der Waals surface area contributed by atoms with E-state index in [9.17, 15) is 8.42 Å². The van der Waals surface area contributed by atoms with Crippen LogP contribution in [-0.2, 0) is 16.4 Å². The van der Waals surface area contributed by atoms with Crippen molar-refractivity contribution in [1.29, 1.82) is 0 Å². The highest BCUT2D eigenvalue weighted by Gasteiger charge is 2.26. The molecule has 2 atom stereocenters. The molecule has 0 spiro atoms. The number of fused-ring (bicyclic) bond motifs is 1. The van der Waals surface area contributed by atoms with Gasteiger partial charge in [0.1, 0.15) is 4.90 Å². The minimum Gasteiger partial charge on any atom is -0.336 e. The van der Waals surface area contributed by atoms with Gasteiger partial charge in [-0.1, -0.05) is 12.1 Å². The molecule has 0 bridgehead atoms.